The molecule has 0 fully saturated rings. The van der Waals surface area contributed by atoms with Gasteiger partial charge < -0.3 is 10.1 Å². The Morgan fingerprint density at radius 2 is 2.18 bits per heavy atom. The summed E-state index contributed by atoms with van der Waals surface area (Å²) in [5.74, 6) is 1.44. The molecule has 0 unspecified atom stereocenters. The van der Waals surface area contributed by atoms with Gasteiger partial charge in [0.05, 0.1) is 12.9 Å². The first-order chi connectivity index (χ1) is 8.19. The Labute approximate surface area is 107 Å². The minimum atomic E-state index is 0.0826. The first-order valence-electron chi connectivity index (χ1n) is 5.70. The van der Waals surface area contributed by atoms with E-state index in [2.05, 4.69) is 12.2 Å². The Morgan fingerprint density at radius 1 is 1.47 bits per heavy atom. The normalized spacial score (nSPS) is 11.9. The lowest BCUT2D eigenvalue weighted by Gasteiger charge is -2.14. The maximum absolute atomic E-state index is 11.4. The van der Waals surface area contributed by atoms with Gasteiger partial charge in [-0.3, -0.25) is 4.79 Å². The molecule has 0 aliphatic heterocycles. The number of carbonyl (C=O) groups is 1. The van der Waals surface area contributed by atoms with Crippen molar-refractivity contribution in [3.63, 3.8) is 0 Å². The lowest BCUT2D eigenvalue weighted by Crippen LogP contribution is -2.24. The van der Waals surface area contributed by atoms with Gasteiger partial charge in [0, 0.05) is 17.4 Å². The zero-order valence-electron chi connectivity index (χ0n) is 10.5. The highest BCUT2D eigenvalue weighted by molar-refractivity contribution is 8.00. The molecule has 1 aromatic rings. The minimum absolute atomic E-state index is 0.0826. The summed E-state index contributed by atoms with van der Waals surface area (Å²) in [4.78, 5) is 11.4. The van der Waals surface area contributed by atoms with Crippen molar-refractivity contribution in [2.24, 2.45) is 0 Å². The number of nitrogens with one attached hydrogen (secondary N) is 1. The number of hydrogen-bond acceptors (Lipinski definition) is 3. The lowest BCUT2D eigenvalue weighted by molar-refractivity contribution is -0.118. The summed E-state index contributed by atoms with van der Waals surface area (Å²) in [6, 6.07) is 7.91. The number of hydrogen-bond donors (Lipinski definition) is 1. The molecule has 0 bridgehead atoms. The second kappa shape index (κ2) is 7.22. The average molecular weight is 253 g/mol. The van der Waals surface area contributed by atoms with E-state index in [0.29, 0.717) is 12.3 Å². The van der Waals surface area contributed by atoms with Crippen molar-refractivity contribution in [3.05, 3.63) is 29.8 Å². The molecule has 0 saturated carbocycles. The molecule has 1 atom stereocenters. The van der Waals surface area contributed by atoms with Crippen molar-refractivity contribution in [2.75, 3.05) is 19.4 Å². The highest BCUT2D eigenvalue weighted by atomic mass is 32.2. The molecule has 17 heavy (non-hydrogen) atoms. The molecular weight excluding hydrogens is 234 g/mol. The molecular formula is C13H19NO2S. The van der Waals surface area contributed by atoms with Gasteiger partial charge in [0.15, 0.2) is 0 Å². The molecule has 3 nitrogen and oxygen atoms in total. The highest BCUT2D eigenvalue weighted by Gasteiger charge is 2.12. The van der Waals surface area contributed by atoms with E-state index in [4.69, 9.17) is 4.74 Å². The fourth-order valence-corrected chi connectivity index (χ4v) is 2.42. The zero-order valence-corrected chi connectivity index (χ0v) is 11.3. The Kier molecular flexibility index (Phi) is 5.91. The van der Waals surface area contributed by atoms with Crippen LogP contribution in [0.2, 0.25) is 0 Å². The van der Waals surface area contributed by atoms with Gasteiger partial charge in [0.2, 0.25) is 5.91 Å². The van der Waals surface area contributed by atoms with E-state index in [1.807, 2.05) is 31.2 Å². The SMILES string of the molecule is CCNC(=O)CS[C@H](C)c1ccccc1OC. The standard InChI is InChI=1S/C13H19NO2S/c1-4-14-13(15)9-17-10(2)11-7-5-6-8-12(11)16-3/h5-8,10H,4,9H2,1-3H3,(H,14,15)/t10-/m1/s1. The molecule has 0 aliphatic carbocycles. The van der Waals surface area contributed by atoms with Gasteiger partial charge in [-0.2, -0.15) is 0 Å². The van der Waals surface area contributed by atoms with Crippen molar-refractivity contribution >= 4 is 17.7 Å². The van der Waals surface area contributed by atoms with Crippen LogP contribution in [0.4, 0.5) is 0 Å². The third-order valence-corrected chi connectivity index (χ3v) is 3.60. The maximum Gasteiger partial charge on any atom is 0.230 e. The number of amides is 1. The minimum Gasteiger partial charge on any atom is -0.496 e. The summed E-state index contributed by atoms with van der Waals surface area (Å²) >= 11 is 1.62. The molecule has 0 aliphatic rings. The van der Waals surface area contributed by atoms with Crippen LogP contribution in [0.15, 0.2) is 24.3 Å². The van der Waals surface area contributed by atoms with Crippen LogP contribution in [0.3, 0.4) is 0 Å². The van der Waals surface area contributed by atoms with Crippen molar-refractivity contribution in [1.82, 2.24) is 5.32 Å². The van der Waals surface area contributed by atoms with Crippen LogP contribution < -0.4 is 10.1 Å². The highest BCUT2D eigenvalue weighted by Crippen LogP contribution is 2.33. The topological polar surface area (TPSA) is 38.3 Å². The summed E-state index contributed by atoms with van der Waals surface area (Å²) < 4.78 is 5.31. The molecule has 94 valence electrons. The van der Waals surface area contributed by atoms with E-state index in [0.717, 1.165) is 11.3 Å². The van der Waals surface area contributed by atoms with E-state index in [9.17, 15) is 4.79 Å². The number of rotatable bonds is 6. The molecule has 0 heterocycles. The molecule has 4 heteroatoms. The van der Waals surface area contributed by atoms with Crippen LogP contribution >= 0.6 is 11.8 Å². The molecule has 1 aromatic carbocycles. The predicted molar refractivity (Wildman–Crippen MR) is 72.6 cm³/mol. The quantitative estimate of drug-likeness (QED) is 0.847. The Bertz CT molecular complexity index is 368. The van der Waals surface area contributed by atoms with Crippen molar-refractivity contribution < 1.29 is 9.53 Å². The Hall–Kier alpha value is -1.16. The van der Waals surface area contributed by atoms with Crippen molar-refractivity contribution in [2.45, 2.75) is 19.1 Å². The lowest BCUT2D eigenvalue weighted by atomic mass is 10.1. The number of benzene rings is 1. The average Bonchev–Trinajstić information content (AvgIpc) is 2.36. The van der Waals surface area contributed by atoms with Crippen LogP contribution in [-0.4, -0.2) is 25.3 Å². The fraction of sp³-hybridized carbons (Fsp3) is 0.462. The second-order valence-corrected chi connectivity index (χ2v) is 4.98. The van der Waals surface area contributed by atoms with Crippen LogP contribution in [0.5, 0.6) is 5.75 Å². The monoisotopic (exact) mass is 253 g/mol. The van der Waals surface area contributed by atoms with E-state index in [1.165, 1.54) is 0 Å². The van der Waals surface area contributed by atoms with E-state index in [1.54, 1.807) is 18.9 Å². The van der Waals surface area contributed by atoms with Gasteiger partial charge in [-0.15, -0.1) is 11.8 Å². The third kappa shape index (κ3) is 4.30. The second-order valence-electron chi connectivity index (χ2n) is 3.65. The van der Waals surface area contributed by atoms with Crippen LogP contribution in [0, 0.1) is 0 Å². The molecule has 0 spiro atoms. The maximum atomic E-state index is 11.4. The van der Waals surface area contributed by atoms with Crippen molar-refractivity contribution in [3.8, 4) is 5.75 Å². The van der Waals surface area contributed by atoms with Crippen LogP contribution in [0.25, 0.3) is 0 Å². The van der Waals surface area contributed by atoms with Gasteiger partial charge in [-0.1, -0.05) is 18.2 Å². The van der Waals surface area contributed by atoms with Crippen LogP contribution in [0.1, 0.15) is 24.7 Å². The summed E-state index contributed by atoms with van der Waals surface area (Å²) in [5, 5.41) is 3.03. The fourth-order valence-electron chi connectivity index (χ4n) is 1.54. The van der Waals surface area contributed by atoms with Gasteiger partial charge in [0.25, 0.3) is 0 Å². The number of methoxy groups -OCH3 is 1. The molecule has 0 radical (unpaired) electrons. The summed E-state index contributed by atoms with van der Waals surface area (Å²) in [6.07, 6.45) is 0. The van der Waals surface area contributed by atoms with Crippen LogP contribution in [-0.2, 0) is 4.79 Å². The Morgan fingerprint density at radius 3 is 2.82 bits per heavy atom. The third-order valence-electron chi connectivity index (χ3n) is 2.42. The predicted octanol–water partition coefficient (Wildman–Crippen LogP) is 2.63. The first-order valence-corrected chi connectivity index (χ1v) is 6.75. The molecule has 1 N–H and O–H groups in total. The van der Waals surface area contributed by atoms with Gasteiger partial charge in [-0.05, 0) is 19.9 Å². The number of para-hydroxylation sites is 1. The van der Waals surface area contributed by atoms with Gasteiger partial charge >= 0.3 is 0 Å². The summed E-state index contributed by atoms with van der Waals surface area (Å²) in [5.41, 5.74) is 1.13. The molecule has 0 saturated heterocycles. The van der Waals surface area contributed by atoms with E-state index >= 15 is 0 Å². The largest absolute Gasteiger partial charge is 0.496 e. The molecule has 0 aromatic heterocycles. The van der Waals surface area contributed by atoms with Gasteiger partial charge in [0.1, 0.15) is 5.75 Å². The van der Waals surface area contributed by atoms with Crippen molar-refractivity contribution in [1.29, 1.82) is 0 Å². The summed E-state index contributed by atoms with van der Waals surface area (Å²) in [7, 11) is 1.67. The molecule has 1 rings (SSSR count). The first kappa shape index (κ1) is 13.9. The zero-order chi connectivity index (χ0) is 12.7. The van der Waals surface area contributed by atoms with Gasteiger partial charge in [-0.25, -0.2) is 0 Å². The number of thioether (sulfide) groups is 1. The Balaban J connectivity index is 2.57. The summed E-state index contributed by atoms with van der Waals surface area (Å²) in [6.45, 7) is 4.69. The smallest absolute Gasteiger partial charge is 0.230 e. The number of ether oxygens (including phenoxy) is 1. The molecule has 1 amide bonds. The van der Waals surface area contributed by atoms with E-state index < -0.39 is 0 Å². The van der Waals surface area contributed by atoms with E-state index in [-0.39, 0.29) is 11.2 Å². The number of carbonyl (C=O) groups excluding carboxylic acids is 1.